The van der Waals surface area contributed by atoms with Crippen LogP contribution < -0.4 is 5.32 Å². The van der Waals surface area contributed by atoms with E-state index in [1.807, 2.05) is 0 Å². The molecule has 0 aromatic carbocycles. The number of hydrogen-bond acceptors (Lipinski definition) is 4. The highest BCUT2D eigenvalue weighted by Gasteiger charge is 2.38. The van der Waals surface area contributed by atoms with Crippen molar-refractivity contribution in [2.75, 3.05) is 38.5 Å². The Morgan fingerprint density at radius 1 is 1.22 bits per heavy atom. The summed E-state index contributed by atoms with van der Waals surface area (Å²) in [5.74, 6) is 1.37. The Hall–Kier alpha value is -0.170. The van der Waals surface area contributed by atoms with Crippen molar-refractivity contribution in [1.29, 1.82) is 0 Å². The van der Waals surface area contributed by atoms with Gasteiger partial charge in [0.1, 0.15) is 0 Å². The normalized spacial score (nSPS) is 37.9. The molecular formula is C12H22N2O3S. The summed E-state index contributed by atoms with van der Waals surface area (Å²) in [5, 5.41) is 3.36. The summed E-state index contributed by atoms with van der Waals surface area (Å²) in [4.78, 5) is 0. The number of fused-ring (bicyclic) bond motifs is 1. The van der Waals surface area contributed by atoms with Crippen LogP contribution >= 0.6 is 0 Å². The van der Waals surface area contributed by atoms with E-state index in [0.717, 1.165) is 39.0 Å². The number of sulfonamides is 1. The Morgan fingerprint density at radius 2 is 2.06 bits per heavy atom. The predicted octanol–water partition coefficient (Wildman–Crippen LogP) is 0.0365. The van der Waals surface area contributed by atoms with Gasteiger partial charge in [-0.15, -0.1) is 0 Å². The number of hydrogen-bond donors (Lipinski definition) is 1. The zero-order chi connectivity index (χ0) is 12.6. The molecule has 3 fully saturated rings. The van der Waals surface area contributed by atoms with E-state index in [4.69, 9.17) is 4.74 Å². The maximum atomic E-state index is 12.4. The first-order valence-corrected chi connectivity index (χ1v) is 8.56. The molecule has 0 radical (unpaired) electrons. The summed E-state index contributed by atoms with van der Waals surface area (Å²) in [7, 11) is -3.12. The molecule has 0 amide bonds. The number of nitrogens with zero attached hydrogens (tertiary/aromatic N) is 1. The minimum Gasteiger partial charge on any atom is -0.377 e. The van der Waals surface area contributed by atoms with Crippen LogP contribution in [0.4, 0.5) is 0 Å². The van der Waals surface area contributed by atoms with Gasteiger partial charge in [0.25, 0.3) is 0 Å². The molecule has 0 aromatic heterocycles. The summed E-state index contributed by atoms with van der Waals surface area (Å²) >= 11 is 0. The Balaban J connectivity index is 1.62. The Morgan fingerprint density at radius 3 is 2.83 bits per heavy atom. The molecule has 3 aliphatic heterocycles. The highest BCUT2D eigenvalue weighted by Crippen LogP contribution is 2.28. The maximum absolute atomic E-state index is 12.4. The van der Waals surface area contributed by atoms with Crippen LogP contribution in [0.1, 0.15) is 19.3 Å². The molecule has 104 valence electrons. The molecule has 3 heterocycles. The van der Waals surface area contributed by atoms with Crippen molar-refractivity contribution in [1.82, 2.24) is 9.62 Å². The van der Waals surface area contributed by atoms with E-state index < -0.39 is 10.0 Å². The second kappa shape index (κ2) is 5.07. The Bertz CT molecular complexity index is 392. The van der Waals surface area contributed by atoms with E-state index in [9.17, 15) is 8.42 Å². The molecule has 3 aliphatic rings. The first kappa shape index (κ1) is 12.8. The fraction of sp³-hybridized carbons (Fsp3) is 1.00. The lowest BCUT2D eigenvalue weighted by Crippen LogP contribution is -2.45. The lowest BCUT2D eigenvalue weighted by molar-refractivity contribution is 0.125. The van der Waals surface area contributed by atoms with Crippen LogP contribution in [0, 0.1) is 11.8 Å². The molecule has 0 saturated carbocycles. The van der Waals surface area contributed by atoms with Crippen molar-refractivity contribution in [3.63, 3.8) is 0 Å². The molecule has 1 N–H and O–H groups in total. The van der Waals surface area contributed by atoms with Gasteiger partial charge in [-0.2, -0.15) is 0 Å². The molecule has 3 unspecified atom stereocenters. The van der Waals surface area contributed by atoms with E-state index in [2.05, 4.69) is 5.32 Å². The second-order valence-electron chi connectivity index (χ2n) is 5.74. The maximum Gasteiger partial charge on any atom is 0.216 e. The highest BCUT2D eigenvalue weighted by atomic mass is 32.2. The van der Waals surface area contributed by atoms with Crippen molar-refractivity contribution < 1.29 is 13.2 Å². The van der Waals surface area contributed by atoms with E-state index in [0.29, 0.717) is 24.9 Å². The molecule has 3 atom stereocenters. The van der Waals surface area contributed by atoms with Crippen molar-refractivity contribution in [2.24, 2.45) is 11.8 Å². The fourth-order valence-electron chi connectivity index (χ4n) is 3.37. The second-order valence-corrected chi connectivity index (χ2v) is 7.75. The average Bonchev–Trinajstić information content (AvgIpc) is 2.97. The number of rotatable bonds is 3. The third kappa shape index (κ3) is 2.57. The zero-order valence-corrected chi connectivity index (χ0v) is 11.5. The first-order valence-electron chi connectivity index (χ1n) is 6.95. The van der Waals surface area contributed by atoms with Gasteiger partial charge in [0.15, 0.2) is 0 Å². The highest BCUT2D eigenvalue weighted by molar-refractivity contribution is 7.89. The first-order chi connectivity index (χ1) is 8.65. The standard InChI is InChI=1S/C12H22N2O3S/c15-18(16,9-12-2-1-5-17-12)14-4-3-10-6-13-7-11(10)8-14/h10-13H,1-9H2. The quantitative estimate of drug-likeness (QED) is 0.789. The van der Waals surface area contributed by atoms with E-state index in [1.54, 1.807) is 4.31 Å². The molecule has 18 heavy (non-hydrogen) atoms. The van der Waals surface area contributed by atoms with Crippen LogP contribution in [0.3, 0.4) is 0 Å². The zero-order valence-electron chi connectivity index (χ0n) is 10.7. The topological polar surface area (TPSA) is 58.6 Å². The Kier molecular flexibility index (Phi) is 3.62. The SMILES string of the molecule is O=S(=O)(CC1CCCO1)N1CCC2CNCC2C1. The molecular weight excluding hydrogens is 252 g/mol. The molecule has 0 aliphatic carbocycles. The molecule has 3 saturated heterocycles. The van der Waals surface area contributed by atoms with E-state index in [1.165, 1.54) is 0 Å². The third-order valence-electron chi connectivity index (χ3n) is 4.48. The molecule has 0 bridgehead atoms. The summed E-state index contributed by atoms with van der Waals surface area (Å²) in [5.41, 5.74) is 0. The number of ether oxygens (including phenoxy) is 1. The van der Waals surface area contributed by atoms with Gasteiger partial charge in [-0.3, -0.25) is 0 Å². The molecule has 3 rings (SSSR count). The molecule has 6 heteroatoms. The van der Waals surface area contributed by atoms with Crippen molar-refractivity contribution in [3.05, 3.63) is 0 Å². The molecule has 0 aromatic rings. The monoisotopic (exact) mass is 274 g/mol. The smallest absolute Gasteiger partial charge is 0.216 e. The summed E-state index contributed by atoms with van der Waals surface area (Å²) < 4.78 is 31.9. The average molecular weight is 274 g/mol. The number of piperidine rings is 1. The van der Waals surface area contributed by atoms with Gasteiger partial charge in [-0.05, 0) is 44.2 Å². The van der Waals surface area contributed by atoms with Crippen LogP contribution in [0.2, 0.25) is 0 Å². The number of nitrogens with one attached hydrogen (secondary N) is 1. The lowest BCUT2D eigenvalue weighted by Gasteiger charge is -2.34. The van der Waals surface area contributed by atoms with Crippen LogP contribution in [0.5, 0.6) is 0 Å². The van der Waals surface area contributed by atoms with Crippen molar-refractivity contribution in [2.45, 2.75) is 25.4 Å². The molecule has 5 nitrogen and oxygen atoms in total. The lowest BCUT2D eigenvalue weighted by atomic mass is 9.90. The Labute approximate surface area is 109 Å². The van der Waals surface area contributed by atoms with Gasteiger partial charge in [0.05, 0.1) is 11.9 Å². The van der Waals surface area contributed by atoms with Gasteiger partial charge in [-0.25, -0.2) is 12.7 Å². The summed E-state index contributed by atoms with van der Waals surface area (Å²) in [6.07, 6.45) is 2.81. The predicted molar refractivity (Wildman–Crippen MR) is 68.8 cm³/mol. The third-order valence-corrected chi connectivity index (χ3v) is 6.39. The summed E-state index contributed by atoms with van der Waals surface area (Å²) in [6.45, 7) is 4.14. The largest absolute Gasteiger partial charge is 0.377 e. The van der Waals surface area contributed by atoms with Crippen LogP contribution in [-0.4, -0.2) is 57.4 Å². The van der Waals surface area contributed by atoms with Gasteiger partial charge in [0, 0.05) is 19.7 Å². The van der Waals surface area contributed by atoms with Crippen LogP contribution in [0.15, 0.2) is 0 Å². The minimum atomic E-state index is -3.12. The van der Waals surface area contributed by atoms with Crippen LogP contribution in [-0.2, 0) is 14.8 Å². The van der Waals surface area contributed by atoms with E-state index >= 15 is 0 Å². The minimum absolute atomic E-state index is 0.0746. The summed E-state index contributed by atoms with van der Waals surface area (Å²) in [6, 6.07) is 0. The van der Waals surface area contributed by atoms with Gasteiger partial charge >= 0.3 is 0 Å². The van der Waals surface area contributed by atoms with Gasteiger partial charge < -0.3 is 10.1 Å². The fourth-order valence-corrected chi connectivity index (χ4v) is 5.12. The van der Waals surface area contributed by atoms with Gasteiger partial charge in [0.2, 0.25) is 10.0 Å². The van der Waals surface area contributed by atoms with Crippen molar-refractivity contribution in [3.8, 4) is 0 Å². The van der Waals surface area contributed by atoms with Crippen LogP contribution in [0.25, 0.3) is 0 Å². The van der Waals surface area contributed by atoms with Crippen molar-refractivity contribution >= 4 is 10.0 Å². The van der Waals surface area contributed by atoms with E-state index in [-0.39, 0.29) is 11.9 Å². The molecule has 0 spiro atoms. The van der Waals surface area contributed by atoms with Gasteiger partial charge in [-0.1, -0.05) is 0 Å².